The van der Waals surface area contributed by atoms with Crippen LogP contribution in [0.5, 0.6) is 0 Å². The Hall–Kier alpha value is -1.89. The van der Waals surface area contributed by atoms with Crippen molar-refractivity contribution in [3.05, 3.63) is 29.6 Å². The van der Waals surface area contributed by atoms with E-state index in [-0.39, 0.29) is 5.91 Å². The van der Waals surface area contributed by atoms with E-state index in [1.165, 1.54) is 0 Å². The minimum absolute atomic E-state index is 0.220. The zero-order chi connectivity index (χ0) is 12.7. The van der Waals surface area contributed by atoms with Gasteiger partial charge in [0.2, 0.25) is 5.91 Å². The van der Waals surface area contributed by atoms with Crippen molar-refractivity contribution in [2.45, 2.75) is 33.2 Å². The predicted octanol–water partition coefficient (Wildman–Crippen LogP) is 1.81. The maximum Gasteiger partial charge on any atom is 0.237 e. The van der Waals surface area contributed by atoms with Crippen molar-refractivity contribution >= 4 is 5.91 Å². The van der Waals surface area contributed by atoms with E-state index in [0.717, 1.165) is 17.7 Å². The van der Waals surface area contributed by atoms with Crippen molar-refractivity contribution in [2.75, 3.05) is 0 Å². The molecule has 1 aromatic rings. The summed E-state index contributed by atoms with van der Waals surface area (Å²) in [5.74, 6) is -0.786. The average molecular weight is 231 g/mol. The van der Waals surface area contributed by atoms with Gasteiger partial charge in [-0.3, -0.25) is 9.78 Å². The van der Waals surface area contributed by atoms with Crippen molar-refractivity contribution < 1.29 is 4.79 Å². The lowest BCUT2D eigenvalue weighted by atomic mass is 10.1. The third-order valence-corrected chi connectivity index (χ3v) is 2.68. The molecule has 0 aliphatic carbocycles. The molecule has 0 saturated carbocycles. The van der Waals surface area contributed by atoms with Gasteiger partial charge in [0, 0.05) is 6.20 Å². The fraction of sp³-hybridized carbons (Fsp3) is 0.462. The molecular weight excluding hydrogens is 214 g/mol. The molecule has 0 saturated heterocycles. The van der Waals surface area contributed by atoms with Crippen molar-refractivity contribution in [3.63, 3.8) is 0 Å². The van der Waals surface area contributed by atoms with Crippen LogP contribution >= 0.6 is 0 Å². The Kier molecular flexibility index (Phi) is 5.15. The van der Waals surface area contributed by atoms with Gasteiger partial charge in [-0.2, -0.15) is 5.26 Å². The highest BCUT2D eigenvalue weighted by Crippen LogP contribution is 2.06. The number of carbonyl (C=O) groups excluding carboxylic acids is 1. The molecule has 17 heavy (non-hydrogen) atoms. The molecule has 1 unspecified atom stereocenters. The lowest BCUT2D eigenvalue weighted by molar-refractivity contribution is -0.123. The maximum absolute atomic E-state index is 11.6. The quantitative estimate of drug-likeness (QED) is 0.840. The van der Waals surface area contributed by atoms with Crippen molar-refractivity contribution in [2.24, 2.45) is 5.92 Å². The van der Waals surface area contributed by atoms with Gasteiger partial charge in [0.1, 0.15) is 5.92 Å². The smallest absolute Gasteiger partial charge is 0.237 e. The summed E-state index contributed by atoms with van der Waals surface area (Å²) in [5, 5.41) is 11.5. The number of pyridine rings is 1. The third kappa shape index (κ3) is 3.56. The van der Waals surface area contributed by atoms with Gasteiger partial charge in [-0.05, 0) is 24.5 Å². The number of carbonyl (C=O) groups is 1. The van der Waals surface area contributed by atoms with Crippen LogP contribution in [-0.2, 0) is 17.8 Å². The molecule has 1 aromatic heterocycles. The van der Waals surface area contributed by atoms with Crippen LogP contribution in [0.25, 0.3) is 0 Å². The summed E-state index contributed by atoms with van der Waals surface area (Å²) in [7, 11) is 0. The number of nitriles is 1. The van der Waals surface area contributed by atoms with Crippen LogP contribution in [0.15, 0.2) is 18.3 Å². The van der Waals surface area contributed by atoms with E-state index in [0.29, 0.717) is 13.0 Å². The van der Waals surface area contributed by atoms with E-state index in [1.807, 2.05) is 32.0 Å². The summed E-state index contributed by atoms with van der Waals surface area (Å²) in [5.41, 5.74) is 1.99. The topological polar surface area (TPSA) is 65.8 Å². The van der Waals surface area contributed by atoms with Gasteiger partial charge in [-0.25, -0.2) is 0 Å². The second-order valence-electron chi connectivity index (χ2n) is 3.77. The Labute approximate surface area is 102 Å². The molecule has 1 heterocycles. The number of hydrogen-bond acceptors (Lipinski definition) is 3. The van der Waals surface area contributed by atoms with Crippen LogP contribution < -0.4 is 5.32 Å². The zero-order valence-corrected chi connectivity index (χ0v) is 10.2. The first kappa shape index (κ1) is 13.2. The molecule has 90 valence electrons. The van der Waals surface area contributed by atoms with Crippen LogP contribution in [0.4, 0.5) is 0 Å². The molecule has 0 fully saturated rings. The van der Waals surface area contributed by atoms with Crippen LogP contribution in [-0.4, -0.2) is 10.9 Å². The lowest BCUT2D eigenvalue weighted by Gasteiger charge is -2.10. The largest absolute Gasteiger partial charge is 0.349 e. The number of aryl methyl sites for hydroxylation is 1. The zero-order valence-electron chi connectivity index (χ0n) is 10.2. The molecule has 1 amide bonds. The average Bonchev–Trinajstić information content (AvgIpc) is 2.38. The third-order valence-electron chi connectivity index (χ3n) is 2.68. The predicted molar refractivity (Wildman–Crippen MR) is 64.9 cm³/mol. The molecule has 0 aliphatic heterocycles. The van der Waals surface area contributed by atoms with Crippen LogP contribution in [0, 0.1) is 17.2 Å². The lowest BCUT2D eigenvalue weighted by Crippen LogP contribution is -2.29. The summed E-state index contributed by atoms with van der Waals surface area (Å²) in [6.07, 6.45) is 3.13. The fourth-order valence-electron chi connectivity index (χ4n) is 1.58. The Morgan fingerprint density at radius 3 is 2.94 bits per heavy atom. The molecule has 0 radical (unpaired) electrons. The fourth-order valence-corrected chi connectivity index (χ4v) is 1.58. The standard InChI is InChI=1S/C13H17N3O/c1-3-10-6-5-7-15-12(10)9-16-13(17)11(4-2)8-14/h5-7,11H,3-4,9H2,1-2H3,(H,16,17). The number of rotatable bonds is 5. The van der Waals surface area contributed by atoms with Gasteiger partial charge < -0.3 is 5.32 Å². The molecule has 0 bridgehead atoms. The van der Waals surface area contributed by atoms with Gasteiger partial charge in [-0.15, -0.1) is 0 Å². The minimum Gasteiger partial charge on any atom is -0.349 e. The number of amides is 1. The van der Waals surface area contributed by atoms with Gasteiger partial charge in [0.25, 0.3) is 0 Å². The summed E-state index contributed by atoms with van der Waals surface area (Å²) < 4.78 is 0. The highest BCUT2D eigenvalue weighted by molar-refractivity contribution is 5.80. The van der Waals surface area contributed by atoms with Crippen LogP contribution in [0.3, 0.4) is 0 Å². The molecular formula is C13H17N3O. The van der Waals surface area contributed by atoms with Crippen molar-refractivity contribution in [1.29, 1.82) is 5.26 Å². The van der Waals surface area contributed by atoms with E-state index in [9.17, 15) is 4.79 Å². The summed E-state index contributed by atoms with van der Waals surface area (Å²) in [4.78, 5) is 15.9. The molecule has 4 nitrogen and oxygen atoms in total. The highest BCUT2D eigenvalue weighted by Gasteiger charge is 2.15. The molecule has 0 aromatic carbocycles. The molecule has 0 aliphatic rings. The monoisotopic (exact) mass is 231 g/mol. The molecule has 4 heteroatoms. The van der Waals surface area contributed by atoms with Crippen molar-refractivity contribution in [1.82, 2.24) is 10.3 Å². The molecule has 1 rings (SSSR count). The first-order valence-electron chi connectivity index (χ1n) is 5.83. The first-order chi connectivity index (χ1) is 8.22. The maximum atomic E-state index is 11.6. The van der Waals surface area contributed by atoms with E-state index < -0.39 is 5.92 Å². The normalized spacial score (nSPS) is 11.6. The van der Waals surface area contributed by atoms with E-state index in [4.69, 9.17) is 5.26 Å². The van der Waals surface area contributed by atoms with Gasteiger partial charge in [0.15, 0.2) is 0 Å². The van der Waals surface area contributed by atoms with Gasteiger partial charge >= 0.3 is 0 Å². The summed E-state index contributed by atoms with van der Waals surface area (Å²) in [6, 6.07) is 5.86. The number of aromatic nitrogens is 1. The molecule has 1 atom stereocenters. The summed E-state index contributed by atoms with van der Waals surface area (Å²) >= 11 is 0. The molecule has 1 N–H and O–H groups in total. The Morgan fingerprint density at radius 1 is 1.59 bits per heavy atom. The van der Waals surface area contributed by atoms with Gasteiger partial charge in [0.05, 0.1) is 18.3 Å². The van der Waals surface area contributed by atoms with Gasteiger partial charge in [-0.1, -0.05) is 19.9 Å². The minimum atomic E-state index is -0.566. The first-order valence-corrected chi connectivity index (χ1v) is 5.83. The van der Waals surface area contributed by atoms with Crippen LogP contribution in [0.1, 0.15) is 31.5 Å². The van der Waals surface area contributed by atoms with Crippen LogP contribution in [0.2, 0.25) is 0 Å². The second kappa shape index (κ2) is 6.64. The van der Waals surface area contributed by atoms with E-state index >= 15 is 0 Å². The number of nitrogens with one attached hydrogen (secondary N) is 1. The molecule has 0 spiro atoms. The Balaban J connectivity index is 2.62. The Morgan fingerprint density at radius 2 is 2.35 bits per heavy atom. The van der Waals surface area contributed by atoms with Crippen molar-refractivity contribution in [3.8, 4) is 6.07 Å². The SMILES string of the molecule is CCc1cccnc1CNC(=O)C(C#N)CC. The summed E-state index contributed by atoms with van der Waals surface area (Å²) in [6.45, 7) is 4.26. The second-order valence-corrected chi connectivity index (χ2v) is 3.77. The van der Waals surface area contributed by atoms with E-state index in [2.05, 4.69) is 10.3 Å². The Bertz CT molecular complexity index is 423. The highest BCUT2D eigenvalue weighted by atomic mass is 16.1. The van der Waals surface area contributed by atoms with E-state index in [1.54, 1.807) is 6.20 Å². The number of hydrogen-bond donors (Lipinski definition) is 1. The number of nitrogens with zero attached hydrogens (tertiary/aromatic N) is 2.